The van der Waals surface area contributed by atoms with Crippen LogP contribution in [0.15, 0.2) is 71.6 Å². The van der Waals surface area contributed by atoms with Gasteiger partial charge in [0.15, 0.2) is 0 Å². The van der Waals surface area contributed by atoms with E-state index in [4.69, 9.17) is 11.6 Å². The standard InChI is InChI=1S/C21H17ClF2N2O3S/c1-14-2-9-18(10-3-14)30(28,29)26(17-7-4-15(23)5-8-17)13-21(27)25-16-6-11-20(24)19(22)12-16/h2-12H,13H2,1H3,(H,25,27). The molecule has 0 spiro atoms. The van der Waals surface area contributed by atoms with Crippen molar-refractivity contribution >= 4 is 38.9 Å². The Morgan fingerprint density at radius 1 is 1.00 bits per heavy atom. The smallest absolute Gasteiger partial charge is 0.264 e. The number of sulfonamides is 1. The first-order valence-corrected chi connectivity index (χ1v) is 10.6. The minimum Gasteiger partial charge on any atom is -0.324 e. The summed E-state index contributed by atoms with van der Waals surface area (Å²) >= 11 is 5.71. The van der Waals surface area contributed by atoms with Gasteiger partial charge in [0.25, 0.3) is 10.0 Å². The van der Waals surface area contributed by atoms with E-state index in [0.717, 1.165) is 28.1 Å². The van der Waals surface area contributed by atoms with Gasteiger partial charge in [-0.1, -0.05) is 29.3 Å². The summed E-state index contributed by atoms with van der Waals surface area (Å²) in [7, 11) is -4.12. The van der Waals surface area contributed by atoms with Crippen molar-refractivity contribution in [1.82, 2.24) is 0 Å². The molecule has 3 aromatic carbocycles. The number of halogens is 3. The molecule has 0 aliphatic carbocycles. The third-order valence-electron chi connectivity index (χ3n) is 4.21. The number of carbonyl (C=O) groups excluding carboxylic acids is 1. The zero-order valence-electron chi connectivity index (χ0n) is 15.8. The van der Waals surface area contributed by atoms with E-state index in [9.17, 15) is 22.0 Å². The number of benzene rings is 3. The van der Waals surface area contributed by atoms with Crippen LogP contribution in [-0.4, -0.2) is 20.9 Å². The number of nitrogens with one attached hydrogen (secondary N) is 1. The van der Waals surface area contributed by atoms with Crippen LogP contribution >= 0.6 is 11.6 Å². The molecule has 0 radical (unpaired) electrons. The summed E-state index contributed by atoms with van der Waals surface area (Å²) in [6.07, 6.45) is 0. The first kappa shape index (κ1) is 21.7. The highest BCUT2D eigenvalue weighted by atomic mass is 35.5. The van der Waals surface area contributed by atoms with Crippen LogP contribution in [-0.2, 0) is 14.8 Å². The molecule has 0 aliphatic rings. The lowest BCUT2D eigenvalue weighted by Gasteiger charge is -2.24. The van der Waals surface area contributed by atoms with Gasteiger partial charge in [-0.15, -0.1) is 0 Å². The van der Waals surface area contributed by atoms with Gasteiger partial charge in [-0.3, -0.25) is 9.10 Å². The van der Waals surface area contributed by atoms with E-state index in [0.29, 0.717) is 0 Å². The number of amides is 1. The third kappa shape index (κ3) is 4.95. The van der Waals surface area contributed by atoms with Crippen molar-refractivity contribution in [3.05, 3.63) is 89.0 Å². The Morgan fingerprint density at radius 3 is 2.23 bits per heavy atom. The molecular weight excluding hydrogens is 434 g/mol. The quantitative estimate of drug-likeness (QED) is 0.588. The molecule has 0 atom stereocenters. The first-order chi connectivity index (χ1) is 14.2. The molecular formula is C21H17ClF2N2O3S. The zero-order chi connectivity index (χ0) is 21.9. The number of rotatable bonds is 6. The number of hydrogen-bond acceptors (Lipinski definition) is 3. The van der Waals surface area contributed by atoms with Crippen molar-refractivity contribution in [1.29, 1.82) is 0 Å². The van der Waals surface area contributed by atoms with Crippen molar-refractivity contribution in [2.75, 3.05) is 16.2 Å². The van der Waals surface area contributed by atoms with E-state index in [-0.39, 0.29) is 21.3 Å². The van der Waals surface area contributed by atoms with Crippen LogP contribution in [0.1, 0.15) is 5.56 Å². The van der Waals surface area contributed by atoms with Gasteiger partial charge in [-0.25, -0.2) is 17.2 Å². The van der Waals surface area contributed by atoms with Crippen LogP contribution in [0.3, 0.4) is 0 Å². The maximum absolute atomic E-state index is 13.3. The number of anilines is 2. The second-order valence-electron chi connectivity index (χ2n) is 6.48. The van der Waals surface area contributed by atoms with E-state index in [2.05, 4.69) is 5.32 Å². The number of carbonyl (C=O) groups is 1. The van der Waals surface area contributed by atoms with Gasteiger partial charge in [-0.05, 0) is 61.5 Å². The van der Waals surface area contributed by atoms with Crippen molar-refractivity contribution in [3.63, 3.8) is 0 Å². The van der Waals surface area contributed by atoms with Crippen LogP contribution in [0.2, 0.25) is 5.02 Å². The average Bonchev–Trinajstić information content (AvgIpc) is 2.70. The highest BCUT2D eigenvalue weighted by Gasteiger charge is 2.27. The summed E-state index contributed by atoms with van der Waals surface area (Å²) in [4.78, 5) is 12.5. The molecule has 0 saturated heterocycles. The van der Waals surface area contributed by atoms with E-state index in [1.54, 1.807) is 12.1 Å². The van der Waals surface area contributed by atoms with E-state index >= 15 is 0 Å². The Morgan fingerprint density at radius 2 is 1.63 bits per heavy atom. The molecule has 156 valence electrons. The van der Waals surface area contributed by atoms with Crippen molar-refractivity contribution in [3.8, 4) is 0 Å². The van der Waals surface area contributed by atoms with Crippen molar-refractivity contribution < 1.29 is 22.0 Å². The SMILES string of the molecule is Cc1ccc(S(=O)(=O)N(CC(=O)Nc2ccc(F)c(Cl)c2)c2ccc(F)cc2)cc1. The molecule has 1 N–H and O–H groups in total. The first-order valence-electron chi connectivity index (χ1n) is 8.77. The minimum atomic E-state index is -4.12. The Kier molecular flexibility index (Phi) is 6.38. The summed E-state index contributed by atoms with van der Waals surface area (Å²) in [6.45, 7) is 1.23. The van der Waals surface area contributed by atoms with Gasteiger partial charge in [-0.2, -0.15) is 0 Å². The lowest BCUT2D eigenvalue weighted by molar-refractivity contribution is -0.114. The fourth-order valence-corrected chi connectivity index (χ4v) is 4.27. The molecule has 9 heteroatoms. The normalized spacial score (nSPS) is 11.2. The zero-order valence-corrected chi connectivity index (χ0v) is 17.3. The molecule has 3 rings (SSSR count). The van der Waals surface area contributed by atoms with Crippen LogP contribution in [0.4, 0.5) is 20.2 Å². The maximum Gasteiger partial charge on any atom is 0.264 e. The molecule has 0 aromatic heterocycles. The Balaban J connectivity index is 1.93. The average molecular weight is 451 g/mol. The Labute approximate surface area is 178 Å². The van der Waals surface area contributed by atoms with E-state index in [1.165, 1.54) is 36.4 Å². The Hall–Kier alpha value is -2.97. The number of nitrogens with zero attached hydrogens (tertiary/aromatic N) is 1. The molecule has 0 bridgehead atoms. The second kappa shape index (κ2) is 8.81. The molecule has 0 heterocycles. The van der Waals surface area contributed by atoms with Crippen molar-refractivity contribution in [2.45, 2.75) is 11.8 Å². The molecule has 0 fully saturated rings. The largest absolute Gasteiger partial charge is 0.324 e. The monoisotopic (exact) mass is 450 g/mol. The van der Waals surface area contributed by atoms with Gasteiger partial charge >= 0.3 is 0 Å². The summed E-state index contributed by atoms with van der Waals surface area (Å²) in [5.74, 6) is -1.88. The highest BCUT2D eigenvalue weighted by molar-refractivity contribution is 7.92. The van der Waals surface area contributed by atoms with E-state index < -0.39 is 34.1 Å². The molecule has 3 aromatic rings. The molecule has 5 nitrogen and oxygen atoms in total. The second-order valence-corrected chi connectivity index (χ2v) is 8.75. The predicted molar refractivity (Wildman–Crippen MR) is 112 cm³/mol. The van der Waals surface area contributed by atoms with E-state index in [1.807, 2.05) is 6.92 Å². The number of aryl methyl sites for hydroxylation is 1. The molecule has 0 aliphatic heterocycles. The lowest BCUT2D eigenvalue weighted by atomic mass is 10.2. The molecule has 30 heavy (non-hydrogen) atoms. The summed E-state index contributed by atoms with van der Waals surface area (Å²) in [6, 6.07) is 14.5. The predicted octanol–water partition coefficient (Wildman–Crippen LogP) is 4.76. The minimum absolute atomic E-state index is 0.0185. The fourth-order valence-electron chi connectivity index (χ4n) is 2.66. The lowest BCUT2D eigenvalue weighted by Crippen LogP contribution is -2.38. The summed E-state index contributed by atoms with van der Waals surface area (Å²) in [5.41, 5.74) is 1.19. The highest BCUT2D eigenvalue weighted by Crippen LogP contribution is 2.25. The Bertz CT molecular complexity index is 1170. The summed E-state index contributed by atoms with van der Waals surface area (Å²) < 4.78 is 53.9. The van der Waals surface area contributed by atoms with Crippen molar-refractivity contribution in [2.24, 2.45) is 0 Å². The van der Waals surface area contributed by atoms with Crippen LogP contribution in [0.5, 0.6) is 0 Å². The maximum atomic E-state index is 13.3. The van der Waals surface area contributed by atoms with Crippen LogP contribution in [0.25, 0.3) is 0 Å². The number of hydrogen-bond donors (Lipinski definition) is 1. The van der Waals surface area contributed by atoms with Gasteiger partial charge in [0.05, 0.1) is 15.6 Å². The van der Waals surface area contributed by atoms with Crippen LogP contribution in [0, 0.1) is 18.6 Å². The molecule has 0 saturated carbocycles. The van der Waals surface area contributed by atoms with Gasteiger partial charge in [0, 0.05) is 5.69 Å². The third-order valence-corrected chi connectivity index (χ3v) is 6.29. The topological polar surface area (TPSA) is 66.5 Å². The fraction of sp³-hybridized carbons (Fsp3) is 0.0952. The molecule has 1 amide bonds. The van der Waals surface area contributed by atoms with Crippen LogP contribution < -0.4 is 9.62 Å². The van der Waals surface area contributed by atoms with Gasteiger partial charge < -0.3 is 5.32 Å². The van der Waals surface area contributed by atoms with Gasteiger partial charge in [0.1, 0.15) is 18.2 Å². The van der Waals surface area contributed by atoms with Gasteiger partial charge in [0.2, 0.25) is 5.91 Å². The summed E-state index contributed by atoms with van der Waals surface area (Å²) in [5, 5.41) is 2.30. The molecule has 0 unspecified atom stereocenters.